The molecule has 0 saturated heterocycles. The van der Waals surface area contributed by atoms with Crippen molar-refractivity contribution in [3.05, 3.63) is 70.0 Å². The second-order valence-corrected chi connectivity index (χ2v) is 7.55. The number of nitrogens with zero attached hydrogens (tertiary/aromatic N) is 3. The Hall–Kier alpha value is -2.02. The minimum Gasteiger partial charge on any atom is -0.324 e. The molecule has 0 atom stereocenters. The minimum atomic E-state index is -0.167. The number of carbonyl (C=O) groups is 1. The highest BCUT2D eigenvalue weighted by Crippen LogP contribution is 2.26. The zero-order chi connectivity index (χ0) is 19.2. The van der Waals surface area contributed by atoms with E-state index in [0.717, 1.165) is 17.5 Å². The highest BCUT2D eigenvalue weighted by atomic mass is 35.5. The van der Waals surface area contributed by atoms with Crippen LogP contribution in [0.1, 0.15) is 18.3 Å². The Bertz CT molecular complexity index is 931. The van der Waals surface area contributed by atoms with Crippen LogP contribution in [0.25, 0.3) is 0 Å². The molecular formula is C19H18Cl2N4OS. The van der Waals surface area contributed by atoms with Gasteiger partial charge in [-0.25, -0.2) is 0 Å². The van der Waals surface area contributed by atoms with Gasteiger partial charge in [-0.05, 0) is 30.7 Å². The van der Waals surface area contributed by atoms with E-state index in [2.05, 4.69) is 27.6 Å². The summed E-state index contributed by atoms with van der Waals surface area (Å²) in [5, 5.41) is 13.0. The van der Waals surface area contributed by atoms with E-state index in [1.807, 2.05) is 29.7 Å². The first-order valence-electron chi connectivity index (χ1n) is 8.40. The van der Waals surface area contributed by atoms with Crippen LogP contribution in [0, 0.1) is 0 Å². The summed E-state index contributed by atoms with van der Waals surface area (Å²) < 4.78 is 2.03. The van der Waals surface area contributed by atoms with Crippen LogP contribution < -0.4 is 5.32 Å². The lowest BCUT2D eigenvalue weighted by Crippen LogP contribution is -2.15. The van der Waals surface area contributed by atoms with Crippen molar-refractivity contribution in [3.63, 3.8) is 0 Å². The third-order valence-electron chi connectivity index (χ3n) is 3.85. The second-order valence-electron chi connectivity index (χ2n) is 5.77. The second kappa shape index (κ2) is 9.26. The van der Waals surface area contributed by atoms with Gasteiger partial charge in [0.2, 0.25) is 5.91 Å². The maximum absolute atomic E-state index is 12.2. The van der Waals surface area contributed by atoms with Crippen molar-refractivity contribution >= 4 is 46.6 Å². The zero-order valence-electron chi connectivity index (χ0n) is 14.7. The van der Waals surface area contributed by atoms with Gasteiger partial charge in [-0.1, -0.05) is 65.3 Å². The van der Waals surface area contributed by atoms with E-state index in [4.69, 9.17) is 23.2 Å². The van der Waals surface area contributed by atoms with Gasteiger partial charge in [0, 0.05) is 18.0 Å². The molecule has 27 heavy (non-hydrogen) atoms. The van der Waals surface area contributed by atoms with Gasteiger partial charge in [-0.3, -0.25) is 4.79 Å². The smallest absolute Gasteiger partial charge is 0.234 e. The molecule has 8 heteroatoms. The number of benzene rings is 2. The summed E-state index contributed by atoms with van der Waals surface area (Å²) in [5.41, 5.74) is 1.71. The van der Waals surface area contributed by atoms with Crippen molar-refractivity contribution in [2.24, 2.45) is 0 Å². The molecule has 140 valence electrons. The average molecular weight is 421 g/mol. The Balaban J connectivity index is 1.63. The molecule has 1 aromatic heterocycles. The summed E-state index contributed by atoms with van der Waals surface area (Å²) in [7, 11) is 0. The Morgan fingerprint density at radius 3 is 2.63 bits per heavy atom. The lowest BCUT2D eigenvalue weighted by atomic mass is 10.1. The summed E-state index contributed by atoms with van der Waals surface area (Å²) in [6.07, 6.45) is 0.703. The topological polar surface area (TPSA) is 59.8 Å². The number of carbonyl (C=O) groups excluding carboxylic acids is 1. The van der Waals surface area contributed by atoms with Gasteiger partial charge in [0.05, 0.1) is 16.5 Å². The van der Waals surface area contributed by atoms with Crippen LogP contribution in [-0.2, 0) is 17.8 Å². The van der Waals surface area contributed by atoms with Crippen molar-refractivity contribution in [1.82, 2.24) is 14.8 Å². The van der Waals surface area contributed by atoms with Gasteiger partial charge < -0.3 is 9.88 Å². The van der Waals surface area contributed by atoms with Gasteiger partial charge in [0.1, 0.15) is 5.82 Å². The number of thioether (sulfide) groups is 1. The molecule has 0 fully saturated rings. The fourth-order valence-electron chi connectivity index (χ4n) is 2.56. The largest absolute Gasteiger partial charge is 0.324 e. The van der Waals surface area contributed by atoms with Gasteiger partial charge in [-0.15, -0.1) is 10.2 Å². The van der Waals surface area contributed by atoms with Gasteiger partial charge in [0.15, 0.2) is 5.16 Å². The van der Waals surface area contributed by atoms with E-state index in [1.165, 1.54) is 17.3 Å². The van der Waals surface area contributed by atoms with Crippen LogP contribution in [0.2, 0.25) is 10.0 Å². The highest BCUT2D eigenvalue weighted by Gasteiger charge is 2.14. The Morgan fingerprint density at radius 2 is 1.93 bits per heavy atom. The molecule has 0 bridgehead atoms. The molecule has 0 saturated carbocycles. The van der Waals surface area contributed by atoms with E-state index in [-0.39, 0.29) is 11.7 Å². The Labute approximate surface area is 172 Å². The van der Waals surface area contributed by atoms with Crippen LogP contribution in [0.15, 0.2) is 53.7 Å². The Morgan fingerprint density at radius 1 is 1.15 bits per heavy atom. The molecule has 0 spiro atoms. The summed E-state index contributed by atoms with van der Waals surface area (Å²) in [5.74, 6) is 0.925. The number of amides is 1. The fourth-order valence-corrected chi connectivity index (χ4v) is 3.84. The van der Waals surface area contributed by atoms with Crippen LogP contribution in [-0.4, -0.2) is 26.4 Å². The molecule has 0 radical (unpaired) electrons. The molecule has 3 aromatic rings. The van der Waals surface area contributed by atoms with Crippen LogP contribution in [0.3, 0.4) is 0 Å². The van der Waals surface area contributed by atoms with Crippen molar-refractivity contribution in [2.75, 3.05) is 11.1 Å². The lowest BCUT2D eigenvalue weighted by Gasteiger charge is -2.09. The zero-order valence-corrected chi connectivity index (χ0v) is 17.0. The molecule has 0 unspecified atom stereocenters. The quantitative estimate of drug-likeness (QED) is 0.550. The number of rotatable bonds is 7. The van der Waals surface area contributed by atoms with E-state index < -0.39 is 0 Å². The van der Waals surface area contributed by atoms with Crippen molar-refractivity contribution < 1.29 is 4.79 Å². The predicted octanol–water partition coefficient (Wildman–Crippen LogP) is 4.93. The number of halogens is 2. The highest BCUT2D eigenvalue weighted by molar-refractivity contribution is 7.99. The van der Waals surface area contributed by atoms with E-state index in [9.17, 15) is 4.79 Å². The first-order valence-corrected chi connectivity index (χ1v) is 10.1. The third-order valence-corrected chi connectivity index (χ3v) is 5.37. The molecule has 1 amide bonds. The van der Waals surface area contributed by atoms with Gasteiger partial charge >= 0.3 is 0 Å². The summed E-state index contributed by atoms with van der Waals surface area (Å²) in [6, 6.07) is 15.1. The average Bonchev–Trinajstić information content (AvgIpc) is 3.04. The summed E-state index contributed by atoms with van der Waals surface area (Å²) in [6.45, 7) is 2.78. The van der Waals surface area contributed by atoms with E-state index >= 15 is 0 Å². The molecule has 3 rings (SSSR count). The number of anilines is 1. The van der Waals surface area contributed by atoms with E-state index in [0.29, 0.717) is 22.2 Å². The molecule has 2 aromatic carbocycles. The maximum atomic E-state index is 12.2. The molecule has 0 aliphatic heterocycles. The lowest BCUT2D eigenvalue weighted by molar-refractivity contribution is -0.113. The Kier molecular flexibility index (Phi) is 6.77. The molecule has 5 nitrogen and oxygen atoms in total. The first kappa shape index (κ1) is 19.7. The predicted molar refractivity (Wildman–Crippen MR) is 111 cm³/mol. The van der Waals surface area contributed by atoms with Crippen molar-refractivity contribution in [3.8, 4) is 0 Å². The number of hydrogen-bond acceptors (Lipinski definition) is 4. The maximum Gasteiger partial charge on any atom is 0.234 e. The van der Waals surface area contributed by atoms with Gasteiger partial charge in [0.25, 0.3) is 0 Å². The normalized spacial score (nSPS) is 10.8. The summed E-state index contributed by atoms with van der Waals surface area (Å²) in [4.78, 5) is 12.2. The fraction of sp³-hybridized carbons (Fsp3) is 0.211. The molecule has 0 aliphatic rings. The monoisotopic (exact) mass is 420 g/mol. The standard InChI is InChI=1S/C19H18Cl2N4OS/c1-2-25-17(10-13-6-4-3-5-7-13)23-24-19(25)27-12-18(26)22-16-9-8-14(20)11-15(16)21/h3-9,11H,2,10,12H2,1H3,(H,22,26). The van der Waals surface area contributed by atoms with Crippen molar-refractivity contribution in [2.45, 2.75) is 25.0 Å². The first-order chi connectivity index (χ1) is 13.1. The summed E-state index contributed by atoms with van der Waals surface area (Å²) >= 11 is 13.3. The SMILES string of the molecule is CCn1c(Cc2ccccc2)nnc1SCC(=O)Nc1ccc(Cl)cc1Cl. The minimum absolute atomic E-state index is 0.167. The third kappa shape index (κ3) is 5.25. The molecule has 1 N–H and O–H groups in total. The van der Waals surface area contributed by atoms with Crippen molar-refractivity contribution in [1.29, 1.82) is 0 Å². The number of hydrogen-bond donors (Lipinski definition) is 1. The van der Waals surface area contributed by atoms with Crippen LogP contribution in [0.4, 0.5) is 5.69 Å². The molecule has 0 aliphatic carbocycles. The van der Waals surface area contributed by atoms with E-state index in [1.54, 1.807) is 18.2 Å². The van der Waals surface area contributed by atoms with Crippen LogP contribution >= 0.6 is 35.0 Å². The number of aromatic nitrogens is 3. The number of nitrogens with one attached hydrogen (secondary N) is 1. The van der Waals surface area contributed by atoms with Gasteiger partial charge in [-0.2, -0.15) is 0 Å². The molecular weight excluding hydrogens is 403 g/mol. The van der Waals surface area contributed by atoms with Crippen LogP contribution in [0.5, 0.6) is 0 Å². The molecule has 1 heterocycles.